The fourth-order valence-corrected chi connectivity index (χ4v) is 2.76. The summed E-state index contributed by atoms with van der Waals surface area (Å²) in [5, 5.41) is 11.4. The van der Waals surface area contributed by atoms with Crippen molar-refractivity contribution < 1.29 is 23.8 Å². The van der Waals surface area contributed by atoms with Crippen LogP contribution in [0.4, 0.5) is 0 Å². The number of fused-ring (bicyclic) bond motifs is 1. The largest absolute Gasteiger partial charge is 0.490 e. The molecule has 1 heterocycles. The normalized spacial score (nSPS) is 12.8. The first-order valence-corrected chi connectivity index (χ1v) is 8.81. The van der Waals surface area contributed by atoms with Gasteiger partial charge >= 0.3 is 5.97 Å². The zero-order chi connectivity index (χ0) is 19.6. The van der Waals surface area contributed by atoms with E-state index < -0.39 is 12.1 Å². The first-order valence-electron chi connectivity index (χ1n) is 8.81. The molecule has 2 aromatic carbocycles. The van der Waals surface area contributed by atoms with E-state index in [2.05, 4.69) is 31.6 Å². The van der Waals surface area contributed by atoms with Gasteiger partial charge in [-0.3, -0.25) is 0 Å². The molecule has 3 aromatic rings. The van der Waals surface area contributed by atoms with E-state index in [1.54, 1.807) is 24.3 Å². The number of carbonyl (C=O) groups excluding carboxylic acids is 1. The number of carbonyl (C=O) groups is 1. The van der Waals surface area contributed by atoms with Gasteiger partial charge in [-0.1, -0.05) is 26.8 Å². The molecule has 1 unspecified atom stereocenters. The fourth-order valence-electron chi connectivity index (χ4n) is 2.76. The topological polar surface area (TPSA) is 68.9 Å². The number of aliphatic hydroxyl groups excluding tert-OH is 1. The van der Waals surface area contributed by atoms with Crippen LogP contribution in [-0.4, -0.2) is 24.8 Å². The van der Waals surface area contributed by atoms with E-state index in [1.165, 1.54) is 12.7 Å². The molecule has 3 rings (SSSR count). The van der Waals surface area contributed by atoms with Crippen LogP contribution in [0.1, 0.15) is 48.6 Å². The van der Waals surface area contributed by atoms with E-state index in [-0.39, 0.29) is 12.0 Å². The molecule has 5 heteroatoms. The lowest BCUT2D eigenvalue weighted by atomic mass is 9.86. The molecule has 0 aliphatic carbocycles. The Morgan fingerprint density at radius 2 is 1.81 bits per heavy atom. The molecular weight excluding hydrogens is 344 g/mol. The summed E-state index contributed by atoms with van der Waals surface area (Å²) >= 11 is 0. The van der Waals surface area contributed by atoms with Gasteiger partial charge in [0, 0.05) is 5.39 Å². The predicted molar refractivity (Wildman–Crippen MR) is 103 cm³/mol. The summed E-state index contributed by atoms with van der Waals surface area (Å²) in [6, 6.07) is 14.5. The highest BCUT2D eigenvalue weighted by Crippen LogP contribution is 2.30. The third-order valence-corrected chi connectivity index (χ3v) is 4.41. The molecule has 0 aliphatic heterocycles. The van der Waals surface area contributed by atoms with E-state index in [0.717, 1.165) is 11.0 Å². The molecule has 0 fully saturated rings. The number of furan rings is 1. The standard InChI is InChI=1S/C22H24O5/c1-22(2,3)16-7-10-19-15(11-16)12-20(27-19)18(23)13-26-17-8-5-14(6-9-17)21(24)25-4/h5-12,18,23H,13H2,1-4H3. The van der Waals surface area contributed by atoms with Crippen molar-refractivity contribution in [3.05, 3.63) is 65.4 Å². The maximum absolute atomic E-state index is 11.4. The van der Waals surface area contributed by atoms with Crippen LogP contribution in [0.3, 0.4) is 0 Å². The zero-order valence-corrected chi connectivity index (χ0v) is 16.0. The van der Waals surface area contributed by atoms with Crippen LogP contribution < -0.4 is 4.74 Å². The Hall–Kier alpha value is -2.79. The predicted octanol–water partition coefficient (Wildman–Crippen LogP) is 4.63. The number of hydrogen-bond donors (Lipinski definition) is 1. The van der Waals surface area contributed by atoms with Gasteiger partial charge in [-0.15, -0.1) is 0 Å². The summed E-state index contributed by atoms with van der Waals surface area (Å²) in [5.41, 5.74) is 2.43. The Bertz CT molecular complexity index is 931. The Kier molecular flexibility index (Phi) is 5.24. The van der Waals surface area contributed by atoms with Crippen LogP contribution >= 0.6 is 0 Å². The minimum atomic E-state index is -0.893. The molecule has 0 spiro atoms. The fraction of sp³-hybridized carbons (Fsp3) is 0.318. The molecule has 0 saturated heterocycles. The molecule has 0 radical (unpaired) electrons. The highest BCUT2D eigenvalue weighted by molar-refractivity contribution is 5.89. The Labute approximate surface area is 158 Å². The molecule has 1 aromatic heterocycles. The molecule has 1 N–H and O–H groups in total. The van der Waals surface area contributed by atoms with Crippen LogP contribution in [0.2, 0.25) is 0 Å². The maximum Gasteiger partial charge on any atom is 0.337 e. The van der Waals surface area contributed by atoms with E-state index in [1.807, 2.05) is 18.2 Å². The molecular formula is C22H24O5. The first-order chi connectivity index (χ1) is 12.8. The molecule has 0 saturated carbocycles. The SMILES string of the molecule is COC(=O)c1ccc(OCC(O)c2cc3cc(C(C)(C)C)ccc3o2)cc1. The van der Waals surface area contributed by atoms with Gasteiger partial charge in [-0.2, -0.15) is 0 Å². The lowest BCUT2D eigenvalue weighted by Crippen LogP contribution is -2.10. The third-order valence-electron chi connectivity index (χ3n) is 4.41. The van der Waals surface area contributed by atoms with E-state index in [0.29, 0.717) is 17.1 Å². The average molecular weight is 368 g/mol. The van der Waals surface area contributed by atoms with Crippen molar-refractivity contribution in [3.8, 4) is 5.75 Å². The maximum atomic E-state index is 11.4. The lowest BCUT2D eigenvalue weighted by Gasteiger charge is -2.18. The van der Waals surface area contributed by atoms with Gasteiger partial charge in [-0.25, -0.2) is 4.79 Å². The van der Waals surface area contributed by atoms with Crippen molar-refractivity contribution in [1.82, 2.24) is 0 Å². The molecule has 1 atom stereocenters. The molecule has 0 amide bonds. The number of aliphatic hydroxyl groups is 1. The van der Waals surface area contributed by atoms with Crippen molar-refractivity contribution in [2.75, 3.05) is 13.7 Å². The third kappa shape index (κ3) is 4.31. The summed E-state index contributed by atoms with van der Waals surface area (Å²) in [7, 11) is 1.33. The Morgan fingerprint density at radius 1 is 1.11 bits per heavy atom. The van der Waals surface area contributed by atoms with Crippen LogP contribution in [-0.2, 0) is 10.2 Å². The van der Waals surface area contributed by atoms with Crippen molar-refractivity contribution in [2.24, 2.45) is 0 Å². The zero-order valence-electron chi connectivity index (χ0n) is 16.0. The second-order valence-electron chi connectivity index (χ2n) is 7.49. The quantitative estimate of drug-likeness (QED) is 0.665. The van der Waals surface area contributed by atoms with E-state index in [4.69, 9.17) is 9.15 Å². The Morgan fingerprint density at radius 3 is 2.44 bits per heavy atom. The van der Waals surface area contributed by atoms with Crippen LogP contribution in [0, 0.1) is 0 Å². The highest BCUT2D eigenvalue weighted by Gasteiger charge is 2.18. The lowest BCUT2D eigenvalue weighted by molar-refractivity contribution is 0.0600. The van der Waals surface area contributed by atoms with Gasteiger partial charge in [0.2, 0.25) is 0 Å². The van der Waals surface area contributed by atoms with Gasteiger partial charge in [0.15, 0.2) is 0 Å². The first kappa shape index (κ1) is 19.0. The summed E-state index contributed by atoms with van der Waals surface area (Å²) in [6.45, 7) is 6.51. The highest BCUT2D eigenvalue weighted by atomic mass is 16.5. The summed E-state index contributed by atoms with van der Waals surface area (Å²) in [6.07, 6.45) is -0.893. The minimum absolute atomic E-state index is 0.0452. The molecule has 27 heavy (non-hydrogen) atoms. The van der Waals surface area contributed by atoms with Crippen LogP contribution in [0.15, 0.2) is 52.9 Å². The number of rotatable bonds is 5. The second kappa shape index (κ2) is 7.45. The average Bonchev–Trinajstić information content (AvgIpc) is 3.08. The smallest absolute Gasteiger partial charge is 0.337 e. The van der Waals surface area contributed by atoms with Gasteiger partial charge in [-0.05, 0) is 53.4 Å². The molecule has 0 aliphatic rings. The summed E-state index contributed by atoms with van der Waals surface area (Å²) in [5.74, 6) is 0.605. The van der Waals surface area contributed by atoms with Crippen molar-refractivity contribution in [2.45, 2.75) is 32.3 Å². The van der Waals surface area contributed by atoms with Crippen LogP contribution in [0.25, 0.3) is 11.0 Å². The minimum Gasteiger partial charge on any atom is -0.490 e. The Balaban J connectivity index is 1.69. The van der Waals surface area contributed by atoms with E-state index in [9.17, 15) is 9.90 Å². The van der Waals surface area contributed by atoms with Crippen molar-refractivity contribution in [1.29, 1.82) is 0 Å². The summed E-state index contributed by atoms with van der Waals surface area (Å²) < 4.78 is 16.0. The van der Waals surface area contributed by atoms with Gasteiger partial charge in [0.25, 0.3) is 0 Å². The van der Waals surface area contributed by atoms with Gasteiger partial charge in [0.1, 0.15) is 29.8 Å². The molecule has 0 bridgehead atoms. The van der Waals surface area contributed by atoms with Gasteiger partial charge < -0.3 is 19.0 Å². The number of ether oxygens (including phenoxy) is 2. The molecule has 142 valence electrons. The van der Waals surface area contributed by atoms with Crippen LogP contribution in [0.5, 0.6) is 5.75 Å². The number of methoxy groups -OCH3 is 1. The van der Waals surface area contributed by atoms with Crippen molar-refractivity contribution >= 4 is 16.9 Å². The summed E-state index contributed by atoms with van der Waals surface area (Å²) in [4.78, 5) is 11.4. The van der Waals surface area contributed by atoms with Gasteiger partial charge in [0.05, 0.1) is 12.7 Å². The van der Waals surface area contributed by atoms with Crippen molar-refractivity contribution in [3.63, 3.8) is 0 Å². The second-order valence-corrected chi connectivity index (χ2v) is 7.49. The van der Waals surface area contributed by atoms with E-state index >= 15 is 0 Å². The molecule has 5 nitrogen and oxygen atoms in total. The monoisotopic (exact) mass is 368 g/mol. The number of esters is 1. The number of hydrogen-bond acceptors (Lipinski definition) is 5. The number of benzene rings is 2.